The van der Waals surface area contributed by atoms with E-state index >= 15 is 0 Å². The van der Waals surface area contributed by atoms with Crippen molar-refractivity contribution >= 4 is 17.2 Å². The molecule has 0 saturated carbocycles. The molecule has 2 aromatic rings. The Morgan fingerprint density at radius 3 is 2.70 bits per heavy atom. The lowest BCUT2D eigenvalue weighted by Gasteiger charge is -2.19. The number of hydrogen-bond donors (Lipinski definition) is 0. The predicted octanol–water partition coefficient (Wildman–Crippen LogP) is 3.23. The molecule has 0 aromatic carbocycles. The van der Waals surface area contributed by atoms with Crippen LogP contribution in [0.15, 0.2) is 11.4 Å². The smallest absolute Gasteiger partial charge is 0.147 e. The van der Waals surface area contributed by atoms with Gasteiger partial charge in [-0.2, -0.15) is 5.26 Å². The lowest BCUT2D eigenvalue weighted by atomic mass is 10.1. The summed E-state index contributed by atoms with van der Waals surface area (Å²) in [4.78, 5) is 11.1. The minimum atomic E-state index is 0.643. The Hall–Kier alpha value is -1.93. The standard InChI is InChI=1S/C15H18N4S/c1-5-14-18-12(9-20-14)8-19(4)15-13(7-16)10(2)6-11(3)17-15/h6,9H,5,8H2,1-4H3. The van der Waals surface area contributed by atoms with Crippen LogP contribution in [0.2, 0.25) is 0 Å². The molecule has 5 heteroatoms. The molecule has 20 heavy (non-hydrogen) atoms. The number of rotatable bonds is 4. The number of hydrogen-bond acceptors (Lipinski definition) is 5. The van der Waals surface area contributed by atoms with E-state index < -0.39 is 0 Å². The largest absolute Gasteiger partial charge is 0.353 e. The number of pyridine rings is 1. The maximum atomic E-state index is 9.32. The first-order chi connectivity index (χ1) is 9.55. The van der Waals surface area contributed by atoms with Gasteiger partial charge in [-0.15, -0.1) is 11.3 Å². The van der Waals surface area contributed by atoms with Gasteiger partial charge in [0.05, 0.1) is 22.8 Å². The summed E-state index contributed by atoms with van der Waals surface area (Å²) in [6.07, 6.45) is 0.958. The molecule has 0 spiro atoms. The molecular formula is C15H18N4S. The molecule has 4 nitrogen and oxygen atoms in total. The monoisotopic (exact) mass is 286 g/mol. The van der Waals surface area contributed by atoms with E-state index in [4.69, 9.17) is 0 Å². The third-order valence-corrected chi connectivity index (χ3v) is 4.14. The van der Waals surface area contributed by atoms with Gasteiger partial charge in [0.15, 0.2) is 0 Å². The second-order valence-electron chi connectivity index (χ2n) is 4.83. The molecule has 0 radical (unpaired) electrons. The van der Waals surface area contributed by atoms with Crippen LogP contribution in [0.4, 0.5) is 5.82 Å². The van der Waals surface area contributed by atoms with Gasteiger partial charge in [-0.25, -0.2) is 9.97 Å². The molecule has 0 bridgehead atoms. The fraction of sp³-hybridized carbons (Fsp3) is 0.400. The highest BCUT2D eigenvalue weighted by molar-refractivity contribution is 7.09. The molecule has 0 saturated heterocycles. The Morgan fingerprint density at radius 1 is 1.35 bits per heavy atom. The SMILES string of the molecule is CCc1nc(CN(C)c2nc(C)cc(C)c2C#N)cs1. The van der Waals surface area contributed by atoms with Gasteiger partial charge in [0, 0.05) is 18.1 Å². The topological polar surface area (TPSA) is 52.8 Å². The van der Waals surface area contributed by atoms with Crippen molar-refractivity contribution in [1.29, 1.82) is 5.26 Å². The van der Waals surface area contributed by atoms with E-state index in [0.717, 1.165) is 34.2 Å². The van der Waals surface area contributed by atoms with Gasteiger partial charge in [0.2, 0.25) is 0 Å². The van der Waals surface area contributed by atoms with Crippen LogP contribution in [-0.2, 0) is 13.0 Å². The van der Waals surface area contributed by atoms with Crippen LogP contribution in [-0.4, -0.2) is 17.0 Å². The van der Waals surface area contributed by atoms with E-state index in [1.807, 2.05) is 31.9 Å². The first kappa shape index (κ1) is 14.5. The molecule has 0 aliphatic heterocycles. The first-order valence-electron chi connectivity index (χ1n) is 6.58. The number of anilines is 1. The molecule has 2 aromatic heterocycles. The molecule has 0 aliphatic rings. The van der Waals surface area contributed by atoms with Gasteiger partial charge < -0.3 is 4.90 Å². The zero-order valence-electron chi connectivity index (χ0n) is 12.3. The van der Waals surface area contributed by atoms with Crippen LogP contribution in [0.5, 0.6) is 0 Å². The fourth-order valence-corrected chi connectivity index (χ4v) is 2.87. The number of thiazole rings is 1. The zero-order chi connectivity index (χ0) is 14.7. The van der Waals surface area contributed by atoms with E-state index in [-0.39, 0.29) is 0 Å². The minimum absolute atomic E-state index is 0.643. The molecular weight excluding hydrogens is 268 g/mol. The maximum Gasteiger partial charge on any atom is 0.147 e. The van der Waals surface area contributed by atoms with Crippen LogP contribution in [0.3, 0.4) is 0 Å². The average Bonchev–Trinajstić information content (AvgIpc) is 2.85. The van der Waals surface area contributed by atoms with Crippen LogP contribution < -0.4 is 4.90 Å². The second kappa shape index (κ2) is 6.02. The number of aryl methyl sites for hydroxylation is 3. The van der Waals surface area contributed by atoms with Crippen molar-refractivity contribution in [3.05, 3.63) is 39.0 Å². The Balaban J connectivity index is 2.29. The molecule has 0 fully saturated rings. The highest BCUT2D eigenvalue weighted by Gasteiger charge is 2.14. The maximum absolute atomic E-state index is 9.32. The van der Waals surface area contributed by atoms with Gasteiger partial charge in [0.25, 0.3) is 0 Å². The van der Waals surface area contributed by atoms with Gasteiger partial charge in [0.1, 0.15) is 11.9 Å². The van der Waals surface area contributed by atoms with Crippen LogP contribution in [0.25, 0.3) is 0 Å². The number of aromatic nitrogens is 2. The van der Waals surface area contributed by atoms with Gasteiger partial charge in [-0.3, -0.25) is 0 Å². The summed E-state index contributed by atoms with van der Waals surface area (Å²) < 4.78 is 0. The van der Waals surface area contributed by atoms with Crippen LogP contribution >= 0.6 is 11.3 Å². The van der Waals surface area contributed by atoms with Crippen molar-refractivity contribution in [2.75, 3.05) is 11.9 Å². The molecule has 2 heterocycles. The van der Waals surface area contributed by atoms with E-state index in [0.29, 0.717) is 12.1 Å². The summed E-state index contributed by atoms with van der Waals surface area (Å²) in [6.45, 7) is 6.67. The van der Waals surface area contributed by atoms with Crippen molar-refractivity contribution in [3.8, 4) is 6.07 Å². The van der Waals surface area contributed by atoms with Gasteiger partial charge >= 0.3 is 0 Å². The molecule has 0 amide bonds. The van der Waals surface area contributed by atoms with Crippen molar-refractivity contribution in [1.82, 2.24) is 9.97 Å². The van der Waals surface area contributed by atoms with Crippen LogP contribution in [0, 0.1) is 25.2 Å². The lowest BCUT2D eigenvalue weighted by Crippen LogP contribution is -2.20. The van der Waals surface area contributed by atoms with Crippen LogP contribution in [0.1, 0.15) is 34.4 Å². The Kier molecular flexibility index (Phi) is 4.35. The highest BCUT2D eigenvalue weighted by Crippen LogP contribution is 2.22. The van der Waals surface area contributed by atoms with E-state index in [1.165, 1.54) is 0 Å². The van der Waals surface area contributed by atoms with E-state index in [1.54, 1.807) is 11.3 Å². The lowest BCUT2D eigenvalue weighted by molar-refractivity contribution is 0.857. The fourth-order valence-electron chi connectivity index (χ4n) is 2.13. The molecule has 0 atom stereocenters. The van der Waals surface area contributed by atoms with Crippen molar-refractivity contribution in [3.63, 3.8) is 0 Å². The van der Waals surface area contributed by atoms with Crippen molar-refractivity contribution < 1.29 is 0 Å². The molecule has 0 aliphatic carbocycles. The quantitative estimate of drug-likeness (QED) is 0.866. The summed E-state index contributed by atoms with van der Waals surface area (Å²) in [5.74, 6) is 0.732. The van der Waals surface area contributed by atoms with Crippen molar-refractivity contribution in [2.24, 2.45) is 0 Å². The molecule has 0 N–H and O–H groups in total. The summed E-state index contributed by atoms with van der Waals surface area (Å²) >= 11 is 1.68. The normalized spacial score (nSPS) is 10.3. The van der Waals surface area contributed by atoms with Gasteiger partial charge in [-0.05, 0) is 31.9 Å². The summed E-state index contributed by atoms with van der Waals surface area (Å²) in [6, 6.07) is 4.19. The third-order valence-electron chi connectivity index (χ3n) is 3.10. The number of nitriles is 1. The summed E-state index contributed by atoms with van der Waals surface area (Å²) in [7, 11) is 1.95. The third kappa shape index (κ3) is 2.97. The highest BCUT2D eigenvalue weighted by atomic mass is 32.1. The summed E-state index contributed by atoms with van der Waals surface area (Å²) in [5.41, 5.74) is 3.56. The molecule has 104 valence electrons. The van der Waals surface area contributed by atoms with Crippen molar-refractivity contribution in [2.45, 2.75) is 33.7 Å². The van der Waals surface area contributed by atoms with E-state index in [2.05, 4.69) is 28.3 Å². The second-order valence-corrected chi connectivity index (χ2v) is 5.78. The molecule has 2 rings (SSSR count). The number of nitrogens with zero attached hydrogens (tertiary/aromatic N) is 4. The molecule has 0 unspecified atom stereocenters. The summed E-state index contributed by atoms with van der Waals surface area (Å²) in [5, 5.41) is 12.5. The van der Waals surface area contributed by atoms with E-state index in [9.17, 15) is 5.26 Å². The minimum Gasteiger partial charge on any atom is -0.353 e. The first-order valence-corrected chi connectivity index (χ1v) is 7.45. The average molecular weight is 286 g/mol. The predicted molar refractivity (Wildman–Crippen MR) is 82.0 cm³/mol. The zero-order valence-corrected chi connectivity index (χ0v) is 13.1. The van der Waals surface area contributed by atoms with Gasteiger partial charge in [-0.1, -0.05) is 6.92 Å². The Bertz CT molecular complexity index is 654. The Morgan fingerprint density at radius 2 is 2.10 bits per heavy atom. The Labute approximate surface area is 123 Å².